The van der Waals surface area contributed by atoms with Crippen LogP contribution < -0.4 is 5.73 Å². The zero-order chi connectivity index (χ0) is 18.8. The van der Waals surface area contributed by atoms with Gasteiger partial charge in [0.1, 0.15) is 5.69 Å². The number of rotatable bonds is 5. The van der Waals surface area contributed by atoms with Gasteiger partial charge in [-0.15, -0.1) is 0 Å². The van der Waals surface area contributed by atoms with Gasteiger partial charge in [-0.2, -0.15) is 0 Å². The topological polar surface area (TPSA) is 150 Å². The number of nitrogen functional groups attached to an aromatic ring is 1. The maximum Gasteiger partial charge on any atom is 0.338 e. The number of carbonyl (C=O) groups is 2. The molecular formula is C14H17N3O7S. The highest BCUT2D eigenvalue weighted by molar-refractivity contribution is 7.91. The smallest absolute Gasteiger partial charge is 0.338 e. The summed E-state index contributed by atoms with van der Waals surface area (Å²) in [6.45, 7) is -0.593. The summed E-state index contributed by atoms with van der Waals surface area (Å²) in [6.07, 6.45) is 0.336. The Balaban J connectivity index is 1.97. The van der Waals surface area contributed by atoms with Crippen molar-refractivity contribution in [2.45, 2.75) is 12.5 Å². The lowest BCUT2D eigenvalue weighted by atomic mass is 10.2. The zero-order valence-corrected chi connectivity index (χ0v) is 14.2. The van der Waals surface area contributed by atoms with Crippen LogP contribution in [0, 0.1) is 10.1 Å². The molecule has 25 heavy (non-hydrogen) atoms. The second-order valence-electron chi connectivity index (χ2n) is 5.67. The molecule has 1 heterocycles. The number of nitro benzene ring substituents is 1. The molecule has 10 nitrogen and oxygen atoms in total. The predicted molar refractivity (Wildman–Crippen MR) is 87.6 cm³/mol. The molecule has 11 heteroatoms. The minimum atomic E-state index is -3.14. The van der Waals surface area contributed by atoms with Crippen molar-refractivity contribution in [3.05, 3.63) is 33.9 Å². The van der Waals surface area contributed by atoms with Crippen LogP contribution in [-0.2, 0) is 19.4 Å². The molecule has 2 rings (SSSR count). The van der Waals surface area contributed by atoms with Crippen LogP contribution in [0.3, 0.4) is 0 Å². The summed E-state index contributed by atoms with van der Waals surface area (Å²) in [6, 6.07) is 2.97. The molecule has 1 aliphatic rings. The SMILES string of the molecule is CN(C(=O)COC(=O)c1ccc(N)c([N+](=O)[O-])c1)C1CCS(=O)(=O)C1. The van der Waals surface area contributed by atoms with E-state index in [1.54, 1.807) is 0 Å². The summed E-state index contributed by atoms with van der Waals surface area (Å²) in [5.74, 6) is -1.57. The number of benzene rings is 1. The number of nitrogens with zero attached hydrogens (tertiary/aromatic N) is 2. The Labute approximate surface area is 143 Å². The van der Waals surface area contributed by atoms with Gasteiger partial charge in [0.15, 0.2) is 16.4 Å². The van der Waals surface area contributed by atoms with Crippen molar-refractivity contribution in [2.24, 2.45) is 0 Å². The number of nitro groups is 1. The third kappa shape index (κ3) is 4.44. The molecule has 136 valence electrons. The number of likely N-dealkylation sites (N-methyl/N-ethyl adjacent to an activating group) is 1. The van der Waals surface area contributed by atoms with Crippen LogP contribution in [0.5, 0.6) is 0 Å². The molecule has 0 radical (unpaired) electrons. The van der Waals surface area contributed by atoms with Gasteiger partial charge in [-0.05, 0) is 18.6 Å². The molecule has 0 aliphatic carbocycles. The molecule has 1 atom stereocenters. The standard InChI is InChI=1S/C14H17N3O7S/c1-16(10-4-5-25(22,23)8-10)13(18)7-24-14(19)9-2-3-11(15)12(6-9)17(20)21/h2-3,6,10H,4-5,7-8,15H2,1H3. The van der Waals surface area contributed by atoms with Crippen LogP contribution in [0.1, 0.15) is 16.8 Å². The van der Waals surface area contributed by atoms with Gasteiger partial charge in [0, 0.05) is 19.2 Å². The van der Waals surface area contributed by atoms with E-state index >= 15 is 0 Å². The number of anilines is 1. The van der Waals surface area contributed by atoms with E-state index in [1.807, 2.05) is 0 Å². The minimum Gasteiger partial charge on any atom is -0.452 e. The first-order valence-electron chi connectivity index (χ1n) is 7.28. The van der Waals surface area contributed by atoms with Crippen molar-refractivity contribution in [1.29, 1.82) is 0 Å². The van der Waals surface area contributed by atoms with Gasteiger partial charge in [0.05, 0.1) is 22.0 Å². The fraction of sp³-hybridized carbons (Fsp3) is 0.429. The summed E-state index contributed by atoms with van der Waals surface area (Å²) in [5.41, 5.74) is 4.80. The molecule has 1 fully saturated rings. The Kier molecular flexibility index (Phi) is 5.26. The fourth-order valence-corrected chi connectivity index (χ4v) is 4.20. The van der Waals surface area contributed by atoms with E-state index in [0.717, 1.165) is 6.07 Å². The van der Waals surface area contributed by atoms with E-state index < -0.39 is 45.0 Å². The maximum absolute atomic E-state index is 12.0. The summed E-state index contributed by atoms with van der Waals surface area (Å²) in [7, 11) is -1.70. The quantitative estimate of drug-likeness (QED) is 0.328. The third-order valence-corrected chi connectivity index (χ3v) is 5.69. The Bertz CT molecular complexity index is 822. The van der Waals surface area contributed by atoms with Gasteiger partial charge in [-0.1, -0.05) is 0 Å². The minimum absolute atomic E-state index is 0.0180. The molecule has 2 N–H and O–H groups in total. The average Bonchev–Trinajstić information content (AvgIpc) is 2.91. The zero-order valence-electron chi connectivity index (χ0n) is 13.4. The van der Waals surface area contributed by atoms with E-state index in [1.165, 1.54) is 24.1 Å². The number of hydrogen-bond acceptors (Lipinski definition) is 8. The van der Waals surface area contributed by atoms with Gasteiger partial charge < -0.3 is 15.4 Å². The number of amides is 1. The van der Waals surface area contributed by atoms with Crippen LogP contribution >= 0.6 is 0 Å². The van der Waals surface area contributed by atoms with Crippen molar-refractivity contribution in [2.75, 3.05) is 30.9 Å². The highest BCUT2D eigenvalue weighted by Crippen LogP contribution is 2.23. The van der Waals surface area contributed by atoms with Crippen molar-refractivity contribution in [3.8, 4) is 0 Å². The highest BCUT2D eigenvalue weighted by Gasteiger charge is 2.33. The Morgan fingerprint density at radius 3 is 2.68 bits per heavy atom. The number of ether oxygens (including phenoxy) is 1. The first-order valence-corrected chi connectivity index (χ1v) is 9.10. The Hall–Kier alpha value is -2.69. The number of nitrogens with two attached hydrogens (primary N) is 1. The second kappa shape index (κ2) is 7.05. The first-order chi connectivity index (χ1) is 11.6. The third-order valence-electron chi connectivity index (χ3n) is 3.94. The van der Waals surface area contributed by atoms with Crippen LogP contribution in [0.2, 0.25) is 0 Å². The highest BCUT2D eigenvalue weighted by atomic mass is 32.2. The van der Waals surface area contributed by atoms with Gasteiger partial charge in [-0.3, -0.25) is 14.9 Å². The lowest BCUT2D eigenvalue weighted by Gasteiger charge is -2.23. The van der Waals surface area contributed by atoms with Crippen molar-refractivity contribution < 1.29 is 27.7 Å². The number of hydrogen-bond donors (Lipinski definition) is 1. The van der Waals surface area contributed by atoms with E-state index in [-0.39, 0.29) is 22.8 Å². The predicted octanol–water partition coefficient (Wildman–Crippen LogP) is -0.0207. The van der Waals surface area contributed by atoms with Crippen molar-refractivity contribution in [3.63, 3.8) is 0 Å². The van der Waals surface area contributed by atoms with Crippen LogP contribution in [-0.4, -0.2) is 61.3 Å². The van der Waals surface area contributed by atoms with Gasteiger partial charge in [0.25, 0.3) is 11.6 Å². The summed E-state index contributed by atoms with van der Waals surface area (Å²) < 4.78 is 27.7. The lowest BCUT2D eigenvalue weighted by Crippen LogP contribution is -2.40. The molecule has 1 saturated heterocycles. The molecule has 1 unspecified atom stereocenters. The van der Waals surface area contributed by atoms with Gasteiger partial charge in [0.2, 0.25) is 0 Å². The average molecular weight is 371 g/mol. The molecule has 0 aromatic heterocycles. The van der Waals surface area contributed by atoms with Crippen LogP contribution in [0.25, 0.3) is 0 Å². The fourth-order valence-electron chi connectivity index (χ4n) is 2.43. The molecule has 1 amide bonds. The molecule has 1 aromatic carbocycles. The van der Waals surface area contributed by atoms with Crippen molar-refractivity contribution >= 4 is 33.1 Å². The Morgan fingerprint density at radius 2 is 2.12 bits per heavy atom. The van der Waals surface area contributed by atoms with Gasteiger partial charge >= 0.3 is 5.97 Å². The van der Waals surface area contributed by atoms with E-state index in [0.29, 0.717) is 6.42 Å². The van der Waals surface area contributed by atoms with E-state index in [2.05, 4.69) is 0 Å². The van der Waals surface area contributed by atoms with Gasteiger partial charge in [-0.25, -0.2) is 13.2 Å². The second-order valence-corrected chi connectivity index (χ2v) is 7.90. The molecule has 1 aromatic rings. The molecular weight excluding hydrogens is 354 g/mol. The molecule has 0 saturated carbocycles. The summed E-state index contributed by atoms with van der Waals surface area (Å²) >= 11 is 0. The van der Waals surface area contributed by atoms with Crippen molar-refractivity contribution in [1.82, 2.24) is 4.90 Å². The van der Waals surface area contributed by atoms with E-state index in [4.69, 9.17) is 10.5 Å². The van der Waals surface area contributed by atoms with Crippen LogP contribution in [0.4, 0.5) is 11.4 Å². The number of esters is 1. The summed E-state index contributed by atoms with van der Waals surface area (Å²) in [5, 5.41) is 10.8. The first kappa shape index (κ1) is 18.6. The molecule has 0 spiro atoms. The molecule has 0 bridgehead atoms. The van der Waals surface area contributed by atoms with E-state index in [9.17, 15) is 28.1 Å². The number of sulfone groups is 1. The maximum atomic E-state index is 12.0. The Morgan fingerprint density at radius 1 is 1.44 bits per heavy atom. The summed E-state index contributed by atoms with van der Waals surface area (Å²) in [4.78, 5) is 35.3. The van der Waals surface area contributed by atoms with Crippen LogP contribution in [0.15, 0.2) is 18.2 Å². The largest absolute Gasteiger partial charge is 0.452 e. The normalized spacial score (nSPS) is 18.5. The molecule has 1 aliphatic heterocycles. The monoisotopic (exact) mass is 371 g/mol. The lowest BCUT2D eigenvalue weighted by molar-refractivity contribution is -0.383. The number of carbonyl (C=O) groups excluding carboxylic acids is 2.